The zero-order valence-corrected chi connectivity index (χ0v) is 21.0. The Morgan fingerprint density at radius 3 is 1.28 bits per heavy atom. The Kier molecular flexibility index (Phi) is 19.3. The summed E-state index contributed by atoms with van der Waals surface area (Å²) in [5.41, 5.74) is 0. The lowest BCUT2D eigenvalue weighted by Crippen LogP contribution is -2.43. The average Bonchev–Trinajstić information content (AvgIpc) is 2.74. The van der Waals surface area contributed by atoms with Crippen molar-refractivity contribution < 1.29 is 29.4 Å². The van der Waals surface area contributed by atoms with Gasteiger partial charge in [-0.1, -0.05) is 86.8 Å². The normalized spacial score (nSPS) is 12.7. The summed E-state index contributed by atoms with van der Waals surface area (Å²) in [7, 11) is 2.35. The number of hydrogen-bond donors (Lipinski definition) is 4. The molecule has 8 nitrogen and oxygen atoms in total. The van der Waals surface area contributed by atoms with E-state index in [1.54, 1.807) is 0 Å². The van der Waals surface area contributed by atoms with Crippen molar-refractivity contribution in [3.05, 3.63) is 0 Å². The van der Waals surface area contributed by atoms with Crippen molar-refractivity contribution in [2.75, 3.05) is 11.5 Å². The van der Waals surface area contributed by atoms with Crippen molar-refractivity contribution in [1.29, 1.82) is 0 Å². The van der Waals surface area contributed by atoms with Gasteiger partial charge in [0, 0.05) is 24.3 Å². The highest BCUT2D eigenvalue weighted by Crippen LogP contribution is 2.23. The molecule has 10 heteroatoms. The smallest absolute Gasteiger partial charge is 0.327 e. The van der Waals surface area contributed by atoms with Crippen molar-refractivity contribution in [3.63, 3.8) is 0 Å². The minimum atomic E-state index is -1.12. The number of carbonyl (C=O) groups excluding carboxylic acids is 2. The molecule has 0 aromatic rings. The lowest BCUT2D eigenvalue weighted by molar-refractivity contribution is -0.141. The maximum atomic E-state index is 12.0. The van der Waals surface area contributed by atoms with Gasteiger partial charge in [0.15, 0.2) is 0 Å². The van der Waals surface area contributed by atoms with Gasteiger partial charge in [0.05, 0.1) is 0 Å². The first-order valence-corrected chi connectivity index (χ1v) is 14.1. The number of carbonyl (C=O) groups is 4. The van der Waals surface area contributed by atoms with Crippen LogP contribution in [0.2, 0.25) is 0 Å². The van der Waals surface area contributed by atoms with Gasteiger partial charge in [-0.3, -0.25) is 9.59 Å². The first-order chi connectivity index (χ1) is 15.3. The minimum Gasteiger partial charge on any atom is -0.480 e. The van der Waals surface area contributed by atoms with Crippen LogP contribution in [0.4, 0.5) is 0 Å². The summed E-state index contributed by atoms with van der Waals surface area (Å²) in [5, 5.41) is 23.7. The van der Waals surface area contributed by atoms with Crippen LogP contribution < -0.4 is 10.6 Å². The topological polar surface area (TPSA) is 133 Å². The second-order valence-electron chi connectivity index (χ2n) is 7.81. The second-order valence-corrected chi connectivity index (χ2v) is 10.4. The lowest BCUT2D eigenvalue weighted by atomic mass is 10.1. The fourth-order valence-electron chi connectivity index (χ4n) is 2.89. The Hall–Kier alpha value is -1.42. The third-order valence-corrected chi connectivity index (χ3v) is 7.26. The van der Waals surface area contributed by atoms with Gasteiger partial charge < -0.3 is 20.8 Å². The molecule has 2 amide bonds. The molecule has 0 heterocycles. The van der Waals surface area contributed by atoms with E-state index in [2.05, 4.69) is 24.5 Å². The van der Waals surface area contributed by atoms with Crippen LogP contribution in [0.1, 0.15) is 90.9 Å². The molecule has 0 radical (unpaired) electrons. The summed E-state index contributed by atoms with van der Waals surface area (Å²) >= 11 is 0. The summed E-state index contributed by atoms with van der Waals surface area (Å²) in [4.78, 5) is 46.8. The van der Waals surface area contributed by atoms with Crippen LogP contribution in [-0.2, 0) is 19.2 Å². The molecule has 0 saturated carbocycles. The molecule has 32 heavy (non-hydrogen) atoms. The molecule has 4 N–H and O–H groups in total. The zero-order valence-electron chi connectivity index (χ0n) is 19.4. The first kappa shape index (κ1) is 30.6. The van der Waals surface area contributed by atoms with Gasteiger partial charge >= 0.3 is 11.9 Å². The van der Waals surface area contributed by atoms with E-state index < -0.39 is 24.0 Å². The van der Waals surface area contributed by atoms with E-state index in [1.165, 1.54) is 21.6 Å². The van der Waals surface area contributed by atoms with Gasteiger partial charge in [0.2, 0.25) is 11.8 Å². The molecule has 0 aliphatic rings. The van der Waals surface area contributed by atoms with Gasteiger partial charge in [0.1, 0.15) is 12.1 Å². The Balaban J connectivity index is 4.22. The third-order valence-electron chi connectivity index (χ3n) is 4.83. The van der Waals surface area contributed by atoms with E-state index in [1.807, 2.05) is 0 Å². The predicted octanol–water partition coefficient (Wildman–Crippen LogP) is 4.23. The van der Waals surface area contributed by atoms with Crippen LogP contribution in [0.5, 0.6) is 0 Å². The highest BCUT2D eigenvalue weighted by molar-refractivity contribution is 8.76. The van der Waals surface area contributed by atoms with Gasteiger partial charge in [-0.05, 0) is 12.8 Å². The van der Waals surface area contributed by atoms with E-state index >= 15 is 0 Å². The van der Waals surface area contributed by atoms with Crippen LogP contribution in [0, 0.1) is 0 Å². The number of nitrogens with one attached hydrogen (secondary N) is 2. The predicted molar refractivity (Wildman–Crippen MR) is 131 cm³/mol. The van der Waals surface area contributed by atoms with Crippen LogP contribution >= 0.6 is 21.6 Å². The van der Waals surface area contributed by atoms with Gasteiger partial charge in [-0.2, -0.15) is 0 Å². The quantitative estimate of drug-likeness (QED) is 0.138. The number of rotatable bonds is 21. The maximum absolute atomic E-state index is 12.0. The number of unbranched alkanes of at least 4 members (excludes halogenated alkanes) is 8. The number of aliphatic carboxylic acids is 2. The molecule has 186 valence electrons. The van der Waals surface area contributed by atoms with Crippen molar-refractivity contribution in [2.24, 2.45) is 0 Å². The average molecular weight is 493 g/mol. The van der Waals surface area contributed by atoms with Gasteiger partial charge in [0.25, 0.3) is 0 Å². The highest BCUT2D eigenvalue weighted by atomic mass is 33.1. The summed E-state index contributed by atoms with van der Waals surface area (Å²) < 4.78 is 0. The van der Waals surface area contributed by atoms with E-state index in [9.17, 15) is 29.4 Å². The Morgan fingerprint density at radius 2 is 0.969 bits per heavy atom. The lowest BCUT2D eigenvalue weighted by Gasteiger charge is -2.16. The SMILES string of the molecule is CCCCCCCC(=O)N[C@@H](CSSC[C@@H](NC(=O)CCCCCCC)C(=O)O)C(=O)O. The summed E-state index contributed by atoms with van der Waals surface area (Å²) in [6.07, 6.45) is 10.6. The van der Waals surface area contributed by atoms with Crippen molar-refractivity contribution >= 4 is 45.3 Å². The zero-order chi connectivity index (χ0) is 24.2. The Morgan fingerprint density at radius 1 is 0.625 bits per heavy atom. The van der Waals surface area contributed by atoms with E-state index in [4.69, 9.17) is 0 Å². The molecular formula is C22H40N2O6S2. The van der Waals surface area contributed by atoms with Crippen molar-refractivity contribution in [3.8, 4) is 0 Å². The maximum Gasteiger partial charge on any atom is 0.327 e. The third kappa shape index (κ3) is 17.2. The minimum absolute atomic E-state index is 0.110. The molecule has 0 aromatic carbocycles. The monoisotopic (exact) mass is 492 g/mol. The van der Waals surface area contributed by atoms with Crippen LogP contribution in [-0.4, -0.2) is 57.6 Å². The van der Waals surface area contributed by atoms with E-state index in [-0.39, 0.29) is 23.3 Å². The molecule has 0 saturated heterocycles. The summed E-state index contributed by atoms with van der Waals surface area (Å²) in [6, 6.07) is -2.06. The molecule has 0 aliphatic carbocycles. The Bertz CT molecular complexity index is 515. The van der Waals surface area contributed by atoms with E-state index in [0.717, 1.165) is 64.2 Å². The molecule has 2 atom stereocenters. The molecule has 0 spiro atoms. The standard InChI is InChI=1S/C22H40N2O6S2/c1-3-5-7-9-11-13-19(25)23-17(21(27)28)15-31-32-16-18(22(29)30)24-20(26)14-12-10-8-6-4-2/h17-18H,3-16H2,1-2H3,(H,23,25)(H,24,26)(H,27,28)(H,29,30)/t17-,18+. The molecular weight excluding hydrogens is 452 g/mol. The summed E-state index contributed by atoms with van der Waals surface area (Å²) in [5.74, 6) is -2.59. The molecule has 0 rings (SSSR count). The van der Waals surface area contributed by atoms with E-state index in [0.29, 0.717) is 12.8 Å². The molecule has 0 aromatic heterocycles. The highest BCUT2D eigenvalue weighted by Gasteiger charge is 2.22. The van der Waals surface area contributed by atoms with Gasteiger partial charge in [-0.15, -0.1) is 0 Å². The molecule has 0 fully saturated rings. The van der Waals surface area contributed by atoms with Crippen LogP contribution in [0.3, 0.4) is 0 Å². The first-order valence-electron chi connectivity index (χ1n) is 11.6. The Labute approximate surface area is 199 Å². The fraction of sp³-hybridized carbons (Fsp3) is 0.818. The fourth-order valence-corrected chi connectivity index (χ4v) is 5.20. The largest absolute Gasteiger partial charge is 0.480 e. The molecule has 0 bridgehead atoms. The van der Waals surface area contributed by atoms with Crippen LogP contribution in [0.25, 0.3) is 0 Å². The molecule has 0 aliphatic heterocycles. The summed E-state index contributed by atoms with van der Waals surface area (Å²) in [6.45, 7) is 4.23. The van der Waals surface area contributed by atoms with Gasteiger partial charge in [-0.25, -0.2) is 9.59 Å². The number of amides is 2. The number of carboxylic acids is 2. The number of hydrogen-bond acceptors (Lipinski definition) is 6. The van der Waals surface area contributed by atoms with Crippen molar-refractivity contribution in [2.45, 2.75) is 103 Å². The second kappa shape index (κ2) is 20.2. The number of carboxylic acid groups (broad SMARTS) is 2. The van der Waals surface area contributed by atoms with Crippen LogP contribution in [0.15, 0.2) is 0 Å². The van der Waals surface area contributed by atoms with Crippen molar-refractivity contribution in [1.82, 2.24) is 10.6 Å². The molecule has 0 unspecified atom stereocenters.